The minimum absolute atomic E-state index is 0. The van der Waals surface area contributed by atoms with E-state index in [2.05, 4.69) is 5.16 Å². The van der Waals surface area contributed by atoms with Gasteiger partial charge in [0, 0.05) is 5.39 Å². The Morgan fingerprint density at radius 3 is 2.53 bits per heavy atom. The summed E-state index contributed by atoms with van der Waals surface area (Å²) in [5.41, 5.74) is 0.233. The van der Waals surface area contributed by atoms with Gasteiger partial charge in [0.2, 0.25) is 0 Å². The van der Waals surface area contributed by atoms with Crippen molar-refractivity contribution in [2.45, 2.75) is 6.92 Å². The Morgan fingerprint density at radius 1 is 1.27 bits per heavy atom. The van der Waals surface area contributed by atoms with Crippen LogP contribution in [0.5, 0.6) is 0 Å². The number of fused-ring (bicyclic) bond motifs is 1. The van der Waals surface area contributed by atoms with Crippen molar-refractivity contribution in [1.29, 1.82) is 0 Å². The summed E-state index contributed by atoms with van der Waals surface area (Å²) in [6.07, 6.45) is 0. The molecule has 0 fully saturated rings. The molecule has 15 heavy (non-hydrogen) atoms. The van der Waals surface area contributed by atoms with Gasteiger partial charge in [-0.15, -0.1) is 5.46 Å². The summed E-state index contributed by atoms with van der Waals surface area (Å²) in [6.45, 7) is -3.34. The van der Waals surface area contributed by atoms with E-state index in [1.54, 1.807) is 6.92 Å². The predicted octanol–water partition coefficient (Wildman–Crippen LogP) is -0.805. The molecule has 74 valence electrons. The monoisotopic (exact) mass is 239 g/mol. The first-order valence-corrected chi connectivity index (χ1v) is 4.04. The molecule has 2 rings (SSSR count). The number of benzene rings is 1. The van der Waals surface area contributed by atoms with Crippen LogP contribution in [-0.2, 0) is 0 Å². The van der Waals surface area contributed by atoms with E-state index in [1.807, 2.05) is 0 Å². The van der Waals surface area contributed by atoms with Crippen molar-refractivity contribution in [2.75, 3.05) is 0 Å². The third-order valence-electron chi connectivity index (χ3n) is 2.05. The van der Waals surface area contributed by atoms with Crippen LogP contribution in [0.15, 0.2) is 22.7 Å². The molecule has 0 N–H and O–H groups in total. The van der Waals surface area contributed by atoms with Gasteiger partial charge < -0.3 is 17.5 Å². The molecular weight excluding hydrogens is 233 g/mol. The average Bonchev–Trinajstić information content (AvgIpc) is 2.46. The Kier molecular flexibility index (Phi) is 4.05. The molecule has 1 heterocycles. The van der Waals surface area contributed by atoms with E-state index in [0.717, 1.165) is 12.1 Å². The predicted molar refractivity (Wildman–Crippen MR) is 47.5 cm³/mol. The molecule has 0 spiro atoms. The van der Waals surface area contributed by atoms with Crippen LogP contribution in [0.1, 0.15) is 5.69 Å². The molecule has 0 aliphatic carbocycles. The van der Waals surface area contributed by atoms with Gasteiger partial charge in [-0.25, -0.2) is 0 Å². The third-order valence-corrected chi connectivity index (χ3v) is 2.05. The fraction of sp³-hybridized carbons (Fsp3) is 0.125. The molecule has 0 unspecified atom stereocenters. The maximum Gasteiger partial charge on any atom is 1.00 e. The molecule has 0 amide bonds. The largest absolute Gasteiger partial charge is 1.00 e. The molecule has 7 heteroatoms. The quantitative estimate of drug-likeness (QED) is 0.608. The number of rotatable bonds is 1. The van der Waals surface area contributed by atoms with Gasteiger partial charge in [-0.2, -0.15) is 0 Å². The second-order valence-electron chi connectivity index (χ2n) is 3.10. The number of hydrogen-bond acceptors (Lipinski definition) is 2. The summed E-state index contributed by atoms with van der Waals surface area (Å²) in [7, 11) is 0. The molecule has 2 nitrogen and oxygen atoms in total. The van der Waals surface area contributed by atoms with Gasteiger partial charge in [0.15, 0.2) is 5.58 Å². The molecule has 0 bridgehead atoms. The summed E-state index contributed by atoms with van der Waals surface area (Å²) in [4.78, 5) is 0. The van der Waals surface area contributed by atoms with Gasteiger partial charge in [-0.3, -0.25) is 0 Å². The molecule has 0 saturated heterocycles. The number of aryl methyl sites for hydroxylation is 1. The van der Waals surface area contributed by atoms with Crippen LogP contribution in [-0.4, -0.2) is 12.1 Å². The minimum Gasteiger partial charge on any atom is -0.445 e. The Balaban J connectivity index is 0.00000112. The zero-order valence-corrected chi connectivity index (χ0v) is 11.4. The van der Waals surface area contributed by atoms with Crippen LogP contribution in [0.3, 0.4) is 0 Å². The Bertz CT molecular complexity index is 482. The van der Waals surface area contributed by atoms with Crippen molar-refractivity contribution in [2.24, 2.45) is 0 Å². The van der Waals surface area contributed by atoms with Gasteiger partial charge >= 0.3 is 58.4 Å². The molecule has 1 aromatic carbocycles. The zero-order valence-electron chi connectivity index (χ0n) is 8.30. The van der Waals surface area contributed by atoms with Crippen LogP contribution in [0.2, 0.25) is 0 Å². The average molecular weight is 239 g/mol. The van der Waals surface area contributed by atoms with E-state index in [9.17, 15) is 12.9 Å². The standard InChI is InChI=1S/C8H6BF3NO.K/c1-5-7-4-6(9(10,11)12)2-3-8(7)14-13-5;/h2-4H,1H3;/q-1;+1. The molecule has 0 aliphatic heterocycles. The van der Waals surface area contributed by atoms with Gasteiger partial charge in [-0.1, -0.05) is 17.3 Å². The van der Waals surface area contributed by atoms with Crippen molar-refractivity contribution >= 4 is 23.4 Å². The van der Waals surface area contributed by atoms with Crippen molar-refractivity contribution in [3.05, 3.63) is 23.9 Å². The van der Waals surface area contributed by atoms with Gasteiger partial charge in [0.05, 0.1) is 5.69 Å². The molecular formula is C8H6BF3KNO. The number of nitrogens with zero attached hydrogens (tertiary/aromatic N) is 1. The van der Waals surface area contributed by atoms with Gasteiger partial charge in [0.1, 0.15) is 0 Å². The van der Waals surface area contributed by atoms with Gasteiger partial charge in [-0.05, 0) is 13.0 Å². The van der Waals surface area contributed by atoms with E-state index in [4.69, 9.17) is 4.52 Å². The van der Waals surface area contributed by atoms with Crippen molar-refractivity contribution < 1.29 is 68.9 Å². The van der Waals surface area contributed by atoms with E-state index < -0.39 is 12.4 Å². The van der Waals surface area contributed by atoms with Crippen LogP contribution < -0.4 is 56.8 Å². The smallest absolute Gasteiger partial charge is 0.445 e. The van der Waals surface area contributed by atoms with Crippen molar-refractivity contribution in [3.63, 3.8) is 0 Å². The van der Waals surface area contributed by atoms with Crippen LogP contribution >= 0.6 is 0 Å². The maximum absolute atomic E-state index is 12.4. The maximum atomic E-state index is 12.4. The van der Waals surface area contributed by atoms with Crippen LogP contribution in [0.4, 0.5) is 12.9 Å². The molecule has 2 aromatic rings. The molecule has 0 radical (unpaired) electrons. The fourth-order valence-electron chi connectivity index (χ4n) is 1.28. The Labute approximate surface area is 127 Å². The second kappa shape index (κ2) is 4.59. The van der Waals surface area contributed by atoms with E-state index in [1.165, 1.54) is 6.07 Å². The summed E-state index contributed by atoms with van der Waals surface area (Å²) < 4.78 is 41.9. The molecule has 0 saturated carbocycles. The van der Waals surface area contributed by atoms with E-state index >= 15 is 0 Å². The first-order chi connectivity index (χ1) is 6.48. The Hall–Kier alpha value is 0.181. The SMILES string of the molecule is Cc1noc2ccc([B-](F)(F)F)cc12.[K+]. The summed E-state index contributed by atoms with van der Waals surface area (Å²) >= 11 is 0. The van der Waals surface area contributed by atoms with Crippen molar-refractivity contribution in [1.82, 2.24) is 5.16 Å². The summed E-state index contributed by atoms with van der Waals surface area (Å²) in [5.74, 6) is 0. The third kappa shape index (κ3) is 2.65. The minimum atomic E-state index is -4.95. The number of halogens is 3. The van der Waals surface area contributed by atoms with Gasteiger partial charge in [0.25, 0.3) is 0 Å². The molecule has 0 atom stereocenters. The number of aromatic nitrogens is 1. The van der Waals surface area contributed by atoms with Crippen LogP contribution in [0.25, 0.3) is 11.0 Å². The van der Waals surface area contributed by atoms with E-state index in [0.29, 0.717) is 16.7 Å². The normalized spacial score (nSPS) is 11.5. The molecule has 1 aromatic heterocycles. The first kappa shape index (κ1) is 13.2. The fourth-order valence-corrected chi connectivity index (χ4v) is 1.28. The van der Waals surface area contributed by atoms with E-state index in [-0.39, 0.29) is 51.4 Å². The summed E-state index contributed by atoms with van der Waals surface area (Å²) in [6, 6.07) is 3.37. The van der Waals surface area contributed by atoms with Crippen LogP contribution in [0, 0.1) is 6.92 Å². The first-order valence-electron chi connectivity index (χ1n) is 4.04. The zero-order chi connectivity index (χ0) is 10.3. The summed E-state index contributed by atoms with van der Waals surface area (Å²) in [5, 5.41) is 4.00. The number of hydrogen-bond donors (Lipinski definition) is 0. The Morgan fingerprint density at radius 2 is 1.93 bits per heavy atom. The van der Waals surface area contributed by atoms with Crippen molar-refractivity contribution in [3.8, 4) is 0 Å². The molecule has 0 aliphatic rings. The topological polar surface area (TPSA) is 26.0 Å². The second-order valence-corrected chi connectivity index (χ2v) is 3.10.